The molecule has 122 valence electrons. The molecule has 1 atom stereocenters. The van der Waals surface area contributed by atoms with Crippen LogP contribution >= 0.6 is 0 Å². The van der Waals surface area contributed by atoms with Gasteiger partial charge in [0.15, 0.2) is 0 Å². The van der Waals surface area contributed by atoms with E-state index in [4.69, 9.17) is 0 Å². The van der Waals surface area contributed by atoms with Gasteiger partial charge in [0.05, 0.1) is 16.2 Å². The van der Waals surface area contributed by atoms with Crippen LogP contribution in [0.5, 0.6) is 0 Å². The van der Waals surface area contributed by atoms with E-state index in [1.165, 1.54) is 23.4 Å². The Morgan fingerprint density at radius 2 is 1.91 bits per heavy atom. The topological polar surface area (TPSA) is 57.6 Å². The molecule has 0 amide bonds. The van der Waals surface area contributed by atoms with Crippen LogP contribution in [-0.4, -0.2) is 20.1 Å². The highest BCUT2D eigenvalue weighted by Crippen LogP contribution is 2.40. The minimum absolute atomic E-state index is 0.0488. The number of para-hydroxylation sites is 1. The molecular formula is C17H18FNO3S. The maximum absolute atomic E-state index is 13.4. The van der Waals surface area contributed by atoms with Crippen LogP contribution in [0.15, 0.2) is 47.4 Å². The van der Waals surface area contributed by atoms with Gasteiger partial charge in [-0.3, -0.25) is 4.31 Å². The van der Waals surface area contributed by atoms with Crippen LogP contribution in [0.25, 0.3) is 0 Å². The van der Waals surface area contributed by atoms with Crippen molar-refractivity contribution in [2.45, 2.75) is 30.8 Å². The second kappa shape index (κ2) is 5.32. The third kappa shape index (κ3) is 2.62. The van der Waals surface area contributed by atoms with Crippen molar-refractivity contribution in [1.29, 1.82) is 0 Å². The number of sulfonamides is 1. The molecule has 0 saturated carbocycles. The van der Waals surface area contributed by atoms with Gasteiger partial charge in [-0.15, -0.1) is 0 Å². The van der Waals surface area contributed by atoms with Gasteiger partial charge >= 0.3 is 0 Å². The molecule has 3 rings (SSSR count). The first-order chi connectivity index (χ1) is 10.7. The molecule has 2 aromatic rings. The summed E-state index contributed by atoms with van der Waals surface area (Å²) in [6.45, 7) is 3.38. The Morgan fingerprint density at radius 1 is 1.22 bits per heavy atom. The van der Waals surface area contributed by atoms with E-state index in [0.717, 1.165) is 6.07 Å². The number of nitrogens with zero attached hydrogens (tertiary/aromatic N) is 1. The summed E-state index contributed by atoms with van der Waals surface area (Å²) in [6.07, 6.45) is 0.295. The number of aliphatic hydroxyl groups is 1. The van der Waals surface area contributed by atoms with Gasteiger partial charge in [0, 0.05) is 12.1 Å². The molecule has 0 fully saturated rings. The lowest BCUT2D eigenvalue weighted by Crippen LogP contribution is -2.42. The molecule has 0 aliphatic carbocycles. The van der Waals surface area contributed by atoms with Crippen LogP contribution in [0.3, 0.4) is 0 Å². The predicted octanol–water partition coefficient (Wildman–Crippen LogP) is 2.94. The minimum atomic E-state index is -3.81. The number of hydrogen-bond acceptors (Lipinski definition) is 3. The summed E-state index contributed by atoms with van der Waals surface area (Å²) in [5.41, 5.74) is 0.254. The van der Waals surface area contributed by atoms with Crippen LogP contribution in [-0.2, 0) is 15.6 Å². The van der Waals surface area contributed by atoms with E-state index in [9.17, 15) is 17.9 Å². The fraction of sp³-hybridized carbons (Fsp3) is 0.294. The van der Waals surface area contributed by atoms with E-state index in [-0.39, 0.29) is 17.0 Å². The average molecular weight is 335 g/mol. The van der Waals surface area contributed by atoms with Crippen LogP contribution in [0, 0.1) is 12.7 Å². The minimum Gasteiger partial charge on any atom is -0.385 e. The largest absolute Gasteiger partial charge is 0.385 e. The quantitative estimate of drug-likeness (QED) is 0.918. The molecule has 0 aromatic heterocycles. The van der Waals surface area contributed by atoms with Gasteiger partial charge in [-0.2, -0.15) is 0 Å². The van der Waals surface area contributed by atoms with Crippen LogP contribution in [0.4, 0.5) is 10.1 Å². The fourth-order valence-corrected chi connectivity index (χ4v) is 4.45. The maximum atomic E-state index is 13.4. The zero-order chi connectivity index (χ0) is 16.8. The van der Waals surface area contributed by atoms with Gasteiger partial charge in [0.2, 0.25) is 0 Å². The van der Waals surface area contributed by atoms with Crippen molar-refractivity contribution in [2.24, 2.45) is 0 Å². The van der Waals surface area contributed by atoms with Gasteiger partial charge in [-0.1, -0.05) is 18.2 Å². The van der Waals surface area contributed by atoms with Crippen LogP contribution < -0.4 is 4.31 Å². The monoisotopic (exact) mass is 335 g/mol. The Kier molecular flexibility index (Phi) is 3.69. The van der Waals surface area contributed by atoms with Crippen molar-refractivity contribution in [3.05, 3.63) is 59.4 Å². The lowest BCUT2D eigenvalue weighted by Gasteiger charge is -2.38. The second-order valence-electron chi connectivity index (χ2n) is 6.03. The Balaban J connectivity index is 2.13. The molecule has 1 aliphatic rings. The third-order valence-corrected chi connectivity index (χ3v) is 6.08. The number of hydrogen-bond donors (Lipinski definition) is 1. The molecule has 1 heterocycles. The van der Waals surface area contributed by atoms with E-state index in [1.54, 1.807) is 31.2 Å². The highest BCUT2D eigenvalue weighted by atomic mass is 32.2. The number of anilines is 1. The van der Waals surface area contributed by atoms with Crippen molar-refractivity contribution in [3.8, 4) is 0 Å². The first-order valence-corrected chi connectivity index (χ1v) is 8.78. The lowest BCUT2D eigenvalue weighted by atomic mass is 9.88. The molecule has 2 aromatic carbocycles. The van der Waals surface area contributed by atoms with E-state index >= 15 is 0 Å². The number of halogens is 1. The molecule has 0 spiro atoms. The highest BCUT2D eigenvalue weighted by molar-refractivity contribution is 7.92. The Hall–Kier alpha value is -1.92. The zero-order valence-electron chi connectivity index (χ0n) is 13.0. The van der Waals surface area contributed by atoms with Gasteiger partial charge in [0.1, 0.15) is 5.82 Å². The van der Waals surface area contributed by atoms with Crippen molar-refractivity contribution < 1.29 is 17.9 Å². The molecular weight excluding hydrogens is 317 g/mol. The van der Waals surface area contributed by atoms with E-state index < -0.39 is 21.4 Å². The fourth-order valence-electron chi connectivity index (χ4n) is 2.88. The molecule has 1 N–H and O–H groups in total. The van der Waals surface area contributed by atoms with Crippen molar-refractivity contribution in [1.82, 2.24) is 0 Å². The predicted molar refractivity (Wildman–Crippen MR) is 86.3 cm³/mol. The van der Waals surface area contributed by atoms with Gasteiger partial charge in [-0.25, -0.2) is 12.8 Å². The zero-order valence-corrected chi connectivity index (χ0v) is 13.8. The summed E-state index contributed by atoms with van der Waals surface area (Å²) in [6, 6.07) is 10.7. The summed E-state index contributed by atoms with van der Waals surface area (Å²) < 4.78 is 40.6. The SMILES string of the molecule is Cc1cc(S(=O)(=O)N2CCC(C)(O)c3ccccc32)ccc1F. The summed E-state index contributed by atoms with van der Waals surface area (Å²) in [7, 11) is -3.81. The molecule has 0 radical (unpaired) electrons. The van der Waals surface area contributed by atoms with Crippen LogP contribution in [0.1, 0.15) is 24.5 Å². The Bertz CT molecular complexity index is 862. The summed E-state index contributed by atoms with van der Waals surface area (Å²) >= 11 is 0. The van der Waals surface area contributed by atoms with Gasteiger partial charge in [0.25, 0.3) is 10.0 Å². The number of rotatable bonds is 2. The number of fused-ring (bicyclic) bond motifs is 1. The van der Waals surface area contributed by atoms with Crippen molar-refractivity contribution in [3.63, 3.8) is 0 Å². The molecule has 4 nitrogen and oxygen atoms in total. The number of aryl methyl sites for hydroxylation is 1. The lowest BCUT2D eigenvalue weighted by molar-refractivity contribution is 0.0472. The third-order valence-electron chi connectivity index (χ3n) is 4.27. The summed E-state index contributed by atoms with van der Waals surface area (Å²) in [4.78, 5) is 0.0488. The average Bonchev–Trinajstić information content (AvgIpc) is 2.50. The summed E-state index contributed by atoms with van der Waals surface area (Å²) in [5, 5.41) is 10.5. The first kappa shape index (κ1) is 16.0. The Morgan fingerprint density at radius 3 is 2.61 bits per heavy atom. The number of benzene rings is 2. The second-order valence-corrected chi connectivity index (χ2v) is 7.89. The highest BCUT2D eigenvalue weighted by Gasteiger charge is 2.38. The smallest absolute Gasteiger partial charge is 0.264 e. The molecule has 1 unspecified atom stereocenters. The molecule has 0 saturated heterocycles. The van der Waals surface area contributed by atoms with Gasteiger partial charge in [-0.05, 0) is 50.1 Å². The standard InChI is InChI=1S/C17H18FNO3S/c1-12-11-13(7-8-15(12)18)23(21,22)19-10-9-17(2,20)14-5-3-4-6-16(14)19/h3-8,11,20H,9-10H2,1-2H3. The van der Waals surface area contributed by atoms with E-state index in [0.29, 0.717) is 17.7 Å². The first-order valence-electron chi connectivity index (χ1n) is 7.34. The molecule has 23 heavy (non-hydrogen) atoms. The molecule has 0 bridgehead atoms. The Labute approximate surface area is 135 Å². The maximum Gasteiger partial charge on any atom is 0.264 e. The van der Waals surface area contributed by atoms with Crippen molar-refractivity contribution >= 4 is 15.7 Å². The molecule has 6 heteroatoms. The van der Waals surface area contributed by atoms with E-state index in [2.05, 4.69) is 0 Å². The van der Waals surface area contributed by atoms with E-state index in [1.807, 2.05) is 0 Å². The molecule has 1 aliphatic heterocycles. The van der Waals surface area contributed by atoms with Gasteiger partial charge < -0.3 is 5.11 Å². The van der Waals surface area contributed by atoms with Crippen LogP contribution in [0.2, 0.25) is 0 Å². The van der Waals surface area contributed by atoms with Crippen molar-refractivity contribution in [2.75, 3.05) is 10.8 Å². The summed E-state index contributed by atoms with van der Waals surface area (Å²) in [5.74, 6) is -0.439. The normalized spacial score (nSPS) is 21.1.